The van der Waals surface area contributed by atoms with Crippen molar-refractivity contribution in [1.82, 2.24) is 10.2 Å². The number of likely N-dealkylation sites (N-methyl/N-ethyl adjacent to an activating group) is 1. The number of hydrogen-bond acceptors (Lipinski definition) is 3. The lowest BCUT2D eigenvalue weighted by atomic mass is 10.1. The lowest BCUT2D eigenvalue weighted by Gasteiger charge is -2.29. The summed E-state index contributed by atoms with van der Waals surface area (Å²) in [5.41, 5.74) is 0. The molecule has 3 atom stereocenters. The molecule has 0 bridgehead atoms. The Hall–Kier alpha value is -1.10. The van der Waals surface area contributed by atoms with E-state index in [1.807, 2.05) is 6.92 Å². The Labute approximate surface area is 110 Å². The Bertz CT molecular complexity index is 281. The largest absolute Gasteiger partial charge is 0.480 e. The fraction of sp³-hybridized carbons (Fsp3) is 0.846. The molecule has 0 aromatic carbocycles. The molecule has 2 N–H and O–H groups in total. The summed E-state index contributed by atoms with van der Waals surface area (Å²) in [5.74, 6) is -1.00. The molecule has 0 radical (unpaired) electrons. The summed E-state index contributed by atoms with van der Waals surface area (Å²) in [7, 11) is 1.68. The smallest absolute Gasteiger partial charge is 0.320 e. The standard InChI is InChI=1S/C13H26N2O3/c1-6-8-9(3)14-12(16)10(4)15(5)11(7-2)13(17)18/h9-11H,6-8H2,1-5H3,(H,14,16)(H,17,18). The lowest BCUT2D eigenvalue weighted by molar-refractivity contribution is -0.144. The van der Waals surface area contributed by atoms with Crippen molar-refractivity contribution in [3.8, 4) is 0 Å². The maximum absolute atomic E-state index is 12.0. The number of nitrogens with zero attached hydrogens (tertiary/aromatic N) is 1. The van der Waals surface area contributed by atoms with Gasteiger partial charge in [-0.2, -0.15) is 0 Å². The number of hydrogen-bond donors (Lipinski definition) is 2. The third kappa shape index (κ3) is 5.04. The quantitative estimate of drug-likeness (QED) is 0.692. The third-order valence-corrected chi connectivity index (χ3v) is 3.26. The van der Waals surface area contributed by atoms with E-state index in [0.717, 1.165) is 12.8 Å². The zero-order valence-corrected chi connectivity index (χ0v) is 12.1. The van der Waals surface area contributed by atoms with Gasteiger partial charge in [-0.1, -0.05) is 20.3 Å². The second kappa shape index (κ2) is 8.08. The highest BCUT2D eigenvalue weighted by molar-refractivity contribution is 5.82. The van der Waals surface area contributed by atoms with Gasteiger partial charge in [0.25, 0.3) is 0 Å². The number of carboxylic acid groups (broad SMARTS) is 1. The van der Waals surface area contributed by atoms with E-state index in [2.05, 4.69) is 12.2 Å². The number of carboxylic acids is 1. The highest BCUT2D eigenvalue weighted by Crippen LogP contribution is 2.08. The van der Waals surface area contributed by atoms with E-state index < -0.39 is 18.1 Å². The molecule has 0 rings (SSSR count). The van der Waals surface area contributed by atoms with Gasteiger partial charge < -0.3 is 10.4 Å². The van der Waals surface area contributed by atoms with Gasteiger partial charge in [0, 0.05) is 6.04 Å². The Balaban J connectivity index is 4.48. The number of amides is 1. The molecule has 0 spiro atoms. The SMILES string of the molecule is CCCC(C)NC(=O)C(C)N(C)C(CC)C(=O)O. The molecule has 0 aromatic rings. The van der Waals surface area contributed by atoms with E-state index in [4.69, 9.17) is 5.11 Å². The summed E-state index contributed by atoms with van der Waals surface area (Å²) in [6.45, 7) is 7.57. The highest BCUT2D eigenvalue weighted by Gasteiger charge is 2.28. The van der Waals surface area contributed by atoms with Gasteiger partial charge in [0.05, 0.1) is 6.04 Å². The van der Waals surface area contributed by atoms with Crippen LogP contribution in [0.4, 0.5) is 0 Å². The molecule has 0 aromatic heterocycles. The van der Waals surface area contributed by atoms with Crippen LogP contribution in [0.2, 0.25) is 0 Å². The predicted octanol–water partition coefficient (Wildman–Crippen LogP) is 1.47. The van der Waals surface area contributed by atoms with Crippen molar-refractivity contribution in [2.24, 2.45) is 0 Å². The topological polar surface area (TPSA) is 69.6 Å². The first-order chi connectivity index (χ1) is 8.34. The van der Waals surface area contributed by atoms with Gasteiger partial charge in [-0.05, 0) is 33.7 Å². The molecule has 0 aliphatic heterocycles. The van der Waals surface area contributed by atoms with Crippen LogP contribution in [0.3, 0.4) is 0 Å². The molecule has 0 aliphatic carbocycles. The summed E-state index contributed by atoms with van der Waals surface area (Å²) in [6, 6.07) is -0.930. The molecular weight excluding hydrogens is 232 g/mol. The van der Waals surface area contributed by atoms with E-state index in [1.165, 1.54) is 0 Å². The first-order valence-corrected chi connectivity index (χ1v) is 6.60. The van der Waals surface area contributed by atoms with Crippen molar-refractivity contribution in [3.05, 3.63) is 0 Å². The minimum atomic E-state index is -0.888. The Morgan fingerprint density at radius 3 is 2.22 bits per heavy atom. The first kappa shape index (κ1) is 16.9. The molecule has 5 nitrogen and oxygen atoms in total. The fourth-order valence-electron chi connectivity index (χ4n) is 1.96. The van der Waals surface area contributed by atoms with Crippen LogP contribution in [0.25, 0.3) is 0 Å². The summed E-state index contributed by atoms with van der Waals surface area (Å²) >= 11 is 0. The first-order valence-electron chi connectivity index (χ1n) is 6.60. The highest BCUT2D eigenvalue weighted by atomic mass is 16.4. The van der Waals surface area contributed by atoms with Gasteiger partial charge in [0.15, 0.2) is 0 Å². The maximum atomic E-state index is 12.0. The van der Waals surface area contributed by atoms with E-state index >= 15 is 0 Å². The van der Waals surface area contributed by atoms with Crippen LogP contribution >= 0.6 is 0 Å². The molecule has 106 valence electrons. The number of aliphatic carboxylic acids is 1. The lowest BCUT2D eigenvalue weighted by Crippen LogP contribution is -2.51. The normalized spacial score (nSPS) is 16.1. The van der Waals surface area contributed by atoms with Gasteiger partial charge in [0.1, 0.15) is 6.04 Å². The molecule has 3 unspecified atom stereocenters. The number of rotatable bonds is 8. The minimum absolute atomic E-state index is 0.113. The average molecular weight is 258 g/mol. The molecular formula is C13H26N2O3. The molecule has 1 amide bonds. The van der Waals surface area contributed by atoms with Crippen LogP contribution in [-0.4, -0.2) is 47.1 Å². The average Bonchev–Trinajstić information content (AvgIpc) is 2.28. The van der Waals surface area contributed by atoms with E-state index in [1.54, 1.807) is 25.8 Å². The number of carbonyl (C=O) groups is 2. The van der Waals surface area contributed by atoms with Crippen molar-refractivity contribution in [1.29, 1.82) is 0 Å². The van der Waals surface area contributed by atoms with Crippen molar-refractivity contribution in [2.75, 3.05) is 7.05 Å². The second-order valence-electron chi connectivity index (χ2n) is 4.80. The zero-order chi connectivity index (χ0) is 14.3. The zero-order valence-electron chi connectivity index (χ0n) is 12.1. The molecule has 0 heterocycles. The van der Waals surface area contributed by atoms with Gasteiger partial charge in [0.2, 0.25) is 5.91 Å². The van der Waals surface area contributed by atoms with Crippen LogP contribution < -0.4 is 5.32 Å². The molecule has 0 saturated heterocycles. The van der Waals surface area contributed by atoms with Gasteiger partial charge >= 0.3 is 5.97 Å². The van der Waals surface area contributed by atoms with Gasteiger partial charge in [-0.25, -0.2) is 0 Å². The molecule has 0 saturated carbocycles. The summed E-state index contributed by atoms with van der Waals surface area (Å²) in [4.78, 5) is 24.6. The second-order valence-corrected chi connectivity index (χ2v) is 4.80. The van der Waals surface area contributed by atoms with Crippen LogP contribution in [-0.2, 0) is 9.59 Å². The van der Waals surface area contributed by atoms with Crippen LogP contribution in [0, 0.1) is 0 Å². The number of nitrogens with one attached hydrogen (secondary N) is 1. The monoisotopic (exact) mass is 258 g/mol. The summed E-state index contributed by atoms with van der Waals surface area (Å²) in [5, 5.41) is 12.0. The van der Waals surface area contributed by atoms with Crippen molar-refractivity contribution in [2.45, 2.75) is 65.1 Å². The summed E-state index contributed by atoms with van der Waals surface area (Å²) in [6.07, 6.45) is 2.42. The van der Waals surface area contributed by atoms with Crippen molar-refractivity contribution in [3.63, 3.8) is 0 Å². The van der Waals surface area contributed by atoms with E-state index in [-0.39, 0.29) is 11.9 Å². The molecule has 5 heteroatoms. The molecule has 0 aliphatic rings. The maximum Gasteiger partial charge on any atom is 0.320 e. The number of carbonyl (C=O) groups excluding carboxylic acids is 1. The van der Waals surface area contributed by atoms with Crippen LogP contribution in [0.1, 0.15) is 47.0 Å². The Morgan fingerprint density at radius 1 is 1.28 bits per heavy atom. The molecule has 18 heavy (non-hydrogen) atoms. The van der Waals surface area contributed by atoms with Crippen molar-refractivity contribution < 1.29 is 14.7 Å². The Morgan fingerprint density at radius 2 is 1.83 bits per heavy atom. The van der Waals surface area contributed by atoms with Crippen LogP contribution in [0.15, 0.2) is 0 Å². The van der Waals surface area contributed by atoms with Crippen molar-refractivity contribution >= 4 is 11.9 Å². The van der Waals surface area contributed by atoms with Gasteiger partial charge in [-0.3, -0.25) is 14.5 Å². The Kier molecular flexibility index (Phi) is 7.59. The summed E-state index contributed by atoms with van der Waals surface area (Å²) < 4.78 is 0. The third-order valence-electron chi connectivity index (χ3n) is 3.26. The minimum Gasteiger partial charge on any atom is -0.480 e. The van der Waals surface area contributed by atoms with Crippen LogP contribution in [0.5, 0.6) is 0 Å². The predicted molar refractivity (Wildman–Crippen MR) is 71.5 cm³/mol. The fourth-order valence-corrected chi connectivity index (χ4v) is 1.96. The van der Waals surface area contributed by atoms with E-state index in [0.29, 0.717) is 6.42 Å². The van der Waals surface area contributed by atoms with E-state index in [9.17, 15) is 9.59 Å². The van der Waals surface area contributed by atoms with Gasteiger partial charge in [-0.15, -0.1) is 0 Å². The molecule has 0 fully saturated rings.